The molecule has 1 aromatic carbocycles. The first-order valence-electron chi connectivity index (χ1n) is 9.83. The Morgan fingerprint density at radius 1 is 1.17 bits per heavy atom. The van der Waals surface area contributed by atoms with Gasteiger partial charge < -0.3 is 13.9 Å². The van der Waals surface area contributed by atoms with Crippen LogP contribution in [0.5, 0.6) is 0 Å². The van der Waals surface area contributed by atoms with Gasteiger partial charge in [-0.2, -0.15) is 0 Å². The second-order valence-electron chi connectivity index (χ2n) is 7.73. The third kappa shape index (κ3) is 3.10. The van der Waals surface area contributed by atoms with E-state index in [1.165, 1.54) is 0 Å². The number of carbonyl (C=O) groups excluding carboxylic acids is 1. The van der Waals surface area contributed by atoms with Gasteiger partial charge in [0.1, 0.15) is 17.6 Å². The van der Waals surface area contributed by atoms with E-state index in [1.54, 1.807) is 18.7 Å². The van der Waals surface area contributed by atoms with Gasteiger partial charge in [-0.05, 0) is 50.6 Å². The highest BCUT2D eigenvalue weighted by molar-refractivity contribution is 5.95. The maximum absolute atomic E-state index is 13.1. The molecule has 0 saturated carbocycles. The molecule has 1 saturated heterocycles. The summed E-state index contributed by atoms with van der Waals surface area (Å²) in [4.78, 5) is 24.4. The molecule has 1 aliphatic heterocycles. The summed E-state index contributed by atoms with van der Waals surface area (Å²) in [6.45, 7) is 5.40. The van der Waals surface area contributed by atoms with E-state index < -0.39 is 0 Å². The van der Waals surface area contributed by atoms with Crippen molar-refractivity contribution in [2.75, 3.05) is 13.1 Å². The third-order valence-corrected chi connectivity index (χ3v) is 5.51. The normalized spacial score (nSPS) is 16.6. The van der Waals surface area contributed by atoms with E-state index in [2.05, 4.69) is 15.6 Å². The summed E-state index contributed by atoms with van der Waals surface area (Å²) in [5, 5.41) is 0. The summed E-state index contributed by atoms with van der Waals surface area (Å²) in [6, 6.07) is 11.9. The van der Waals surface area contributed by atoms with Crippen LogP contribution in [0.3, 0.4) is 0 Å². The summed E-state index contributed by atoms with van der Waals surface area (Å²) < 4.78 is 7.45. The first kappa shape index (κ1) is 17.7. The molecule has 0 N–H and O–H groups in total. The minimum absolute atomic E-state index is 0.0848. The lowest BCUT2D eigenvalue weighted by molar-refractivity contribution is 0.0787. The number of hydrogen-bond donors (Lipinski definition) is 0. The molecule has 3 aromatic heterocycles. The third-order valence-electron chi connectivity index (χ3n) is 5.51. The second-order valence-corrected chi connectivity index (χ2v) is 7.73. The van der Waals surface area contributed by atoms with Crippen LogP contribution in [0.15, 0.2) is 59.5 Å². The number of aryl methyl sites for hydroxylation is 2. The van der Waals surface area contributed by atoms with E-state index in [1.807, 2.05) is 49.1 Å². The zero-order valence-electron chi connectivity index (χ0n) is 16.5. The molecular weight excluding hydrogens is 364 g/mol. The second kappa shape index (κ2) is 6.88. The number of rotatable bonds is 3. The predicted octanol–water partition coefficient (Wildman–Crippen LogP) is 4.40. The zero-order chi connectivity index (χ0) is 20.0. The number of amides is 1. The van der Waals surface area contributed by atoms with Gasteiger partial charge in [-0.15, -0.1) is 0 Å². The molecule has 4 heterocycles. The van der Waals surface area contributed by atoms with Gasteiger partial charge in [0.05, 0.1) is 17.9 Å². The highest BCUT2D eigenvalue weighted by Gasteiger charge is 2.31. The largest absolute Gasteiger partial charge is 0.472 e. The van der Waals surface area contributed by atoms with Gasteiger partial charge in [0.2, 0.25) is 0 Å². The van der Waals surface area contributed by atoms with Crippen LogP contribution in [-0.2, 0) is 0 Å². The smallest absolute Gasteiger partial charge is 0.253 e. The fourth-order valence-corrected chi connectivity index (χ4v) is 4.29. The monoisotopic (exact) mass is 386 g/mol. The van der Waals surface area contributed by atoms with Crippen molar-refractivity contribution in [3.8, 4) is 11.4 Å². The van der Waals surface area contributed by atoms with E-state index in [9.17, 15) is 4.79 Å². The maximum Gasteiger partial charge on any atom is 0.253 e. The lowest BCUT2D eigenvalue weighted by Gasteiger charge is -2.19. The molecule has 0 spiro atoms. The summed E-state index contributed by atoms with van der Waals surface area (Å²) in [7, 11) is 0. The van der Waals surface area contributed by atoms with Crippen molar-refractivity contribution < 1.29 is 9.21 Å². The molecular formula is C23H22N4O2. The Kier molecular flexibility index (Phi) is 4.19. The molecule has 1 aliphatic rings. The van der Waals surface area contributed by atoms with Gasteiger partial charge in [-0.3, -0.25) is 4.79 Å². The number of likely N-dealkylation sites (tertiary alicyclic amines) is 1. The van der Waals surface area contributed by atoms with Crippen molar-refractivity contribution in [1.82, 2.24) is 19.4 Å². The number of pyridine rings is 1. The summed E-state index contributed by atoms with van der Waals surface area (Å²) >= 11 is 0. The van der Waals surface area contributed by atoms with Crippen LogP contribution < -0.4 is 0 Å². The fraction of sp³-hybridized carbons (Fsp3) is 0.261. The molecule has 146 valence electrons. The number of hydrogen-bond acceptors (Lipinski definition) is 4. The summed E-state index contributed by atoms with van der Waals surface area (Å²) in [5.74, 6) is 0.916. The van der Waals surface area contributed by atoms with Gasteiger partial charge in [-0.1, -0.05) is 17.2 Å². The van der Waals surface area contributed by atoms with Gasteiger partial charge in [-0.25, -0.2) is 9.97 Å². The first-order chi connectivity index (χ1) is 14.1. The predicted molar refractivity (Wildman–Crippen MR) is 111 cm³/mol. The van der Waals surface area contributed by atoms with Crippen molar-refractivity contribution in [2.45, 2.75) is 26.3 Å². The molecule has 0 aliphatic carbocycles. The van der Waals surface area contributed by atoms with Crippen molar-refractivity contribution >= 4 is 17.1 Å². The summed E-state index contributed by atoms with van der Waals surface area (Å²) in [5.41, 5.74) is 5.58. The molecule has 29 heavy (non-hydrogen) atoms. The molecule has 4 aromatic rings. The number of furan rings is 1. The van der Waals surface area contributed by atoms with Crippen LogP contribution in [0, 0.1) is 13.8 Å². The average molecular weight is 386 g/mol. The molecule has 0 bridgehead atoms. The molecule has 1 fully saturated rings. The molecule has 1 atom stereocenters. The Morgan fingerprint density at radius 2 is 2.00 bits per heavy atom. The molecule has 5 rings (SSSR count). The molecule has 6 heteroatoms. The Hall–Kier alpha value is -3.41. The zero-order valence-corrected chi connectivity index (χ0v) is 16.5. The number of aromatic nitrogens is 3. The molecule has 1 unspecified atom stereocenters. The van der Waals surface area contributed by atoms with Crippen LogP contribution in [0.2, 0.25) is 0 Å². The van der Waals surface area contributed by atoms with Crippen LogP contribution in [-0.4, -0.2) is 38.4 Å². The lowest BCUT2D eigenvalue weighted by atomic mass is 10.1. The minimum Gasteiger partial charge on any atom is -0.472 e. The topological polar surface area (TPSA) is 64.2 Å². The molecule has 0 radical (unpaired) electrons. The van der Waals surface area contributed by atoms with E-state index in [4.69, 9.17) is 9.40 Å². The Labute approximate surface area is 168 Å². The number of imidazole rings is 1. The van der Waals surface area contributed by atoms with Gasteiger partial charge in [0.15, 0.2) is 5.65 Å². The number of carbonyl (C=O) groups is 1. The van der Waals surface area contributed by atoms with Gasteiger partial charge >= 0.3 is 0 Å². The van der Waals surface area contributed by atoms with Crippen LogP contribution in [0.25, 0.3) is 22.6 Å². The number of benzene rings is 1. The Balaban J connectivity index is 1.49. The maximum atomic E-state index is 13.1. The van der Waals surface area contributed by atoms with E-state index in [0.717, 1.165) is 45.7 Å². The lowest BCUT2D eigenvalue weighted by Crippen LogP contribution is -2.29. The molecule has 6 nitrogen and oxygen atoms in total. The van der Waals surface area contributed by atoms with Gasteiger partial charge in [0.25, 0.3) is 5.91 Å². The SMILES string of the molecule is Cc1cc(C)cc(C(=O)N2CCC(n3c(-c4ccoc4)nc4cccnc43)C2)c1. The average Bonchev–Trinajstić information content (AvgIpc) is 3.44. The fourth-order valence-electron chi connectivity index (χ4n) is 4.29. The quantitative estimate of drug-likeness (QED) is 0.524. The van der Waals surface area contributed by atoms with Crippen LogP contribution >= 0.6 is 0 Å². The minimum atomic E-state index is 0.0848. The van der Waals surface area contributed by atoms with Crippen molar-refractivity contribution in [1.29, 1.82) is 0 Å². The van der Waals surface area contributed by atoms with E-state index in [-0.39, 0.29) is 11.9 Å². The highest BCUT2D eigenvalue weighted by atomic mass is 16.3. The standard InChI is InChI=1S/C23H22N4O2/c1-15-10-16(2)12-18(11-15)23(28)26-8-5-19(13-26)27-21(17-6-9-29-14-17)25-20-4-3-7-24-22(20)27/h3-4,6-7,9-12,14,19H,5,8,13H2,1-2H3. The number of nitrogens with zero attached hydrogens (tertiary/aromatic N) is 4. The van der Waals surface area contributed by atoms with E-state index >= 15 is 0 Å². The Morgan fingerprint density at radius 3 is 2.76 bits per heavy atom. The summed E-state index contributed by atoms with van der Waals surface area (Å²) in [6.07, 6.45) is 6.00. The highest BCUT2D eigenvalue weighted by Crippen LogP contribution is 2.32. The Bertz CT molecular complexity index is 1170. The van der Waals surface area contributed by atoms with Crippen molar-refractivity contribution in [2.24, 2.45) is 0 Å². The van der Waals surface area contributed by atoms with Gasteiger partial charge in [0, 0.05) is 24.8 Å². The van der Waals surface area contributed by atoms with Crippen molar-refractivity contribution in [3.63, 3.8) is 0 Å². The first-order valence-corrected chi connectivity index (χ1v) is 9.83. The number of fused-ring (bicyclic) bond motifs is 1. The van der Waals surface area contributed by atoms with E-state index in [0.29, 0.717) is 13.1 Å². The van der Waals surface area contributed by atoms with Crippen LogP contribution in [0.1, 0.15) is 33.9 Å². The van der Waals surface area contributed by atoms with Crippen molar-refractivity contribution in [3.05, 3.63) is 71.8 Å². The van der Waals surface area contributed by atoms with Crippen LogP contribution in [0.4, 0.5) is 0 Å². The molecule has 1 amide bonds.